The molecule has 2 atom stereocenters. The number of hydrogen-bond acceptors (Lipinski definition) is 4. The van der Waals surface area contributed by atoms with Gasteiger partial charge in [0.2, 0.25) is 5.91 Å². The molecule has 0 bridgehead atoms. The van der Waals surface area contributed by atoms with Gasteiger partial charge in [-0.2, -0.15) is 0 Å². The SMILES string of the molecule is C[C@H](c1ccccc1)N1C[C@@H](C(=O)OCC(=O)N2CCCc3ccccc32)CC1=O. The smallest absolute Gasteiger partial charge is 0.311 e. The second-order valence-electron chi connectivity index (χ2n) is 7.92. The van der Waals surface area contributed by atoms with Gasteiger partial charge in [0.05, 0.1) is 12.0 Å². The third kappa shape index (κ3) is 4.08. The molecule has 30 heavy (non-hydrogen) atoms. The van der Waals surface area contributed by atoms with E-state index in [0.717, 1.165) is 29.7 Å². The summed E-state index contributed by atoms with van der Waals surface area (Å²) in [5.74, 6) is -1.31. The van der Waals surface area contributed by atoms with Gasteiger partial charge in [-0.1, -0.05) is 48.5 Å². The Morgan fingerprint density at radius 3 is 2.63 bits per heavy atom. The fraction of sp³-hybridized carbons (Fsp3) is 0.375. The summed E-state index contributed by atoms with van der Waals surface area (Å²) in [6.07, 6.45) is 1.95. The van der Waals surface area contributed by atoms with Crippen LogP contribution in [0.5, 0.6) is 0 Å². The highest BCUT2D eigenvalue weighted by atomic mass is 16.5. The Morgan fingerprint density at radius 1 is 1.10 bits per heavy atom. The van der Waals surface area contributed by atoms with Gasteiger partial charge in [-0.25, -0.2) is 0 Å². The lowest BCUT2D eigenvalue weighted by Gasteiger charge is -2.29. The fourth-order valence-electron chi connectivity index (χ4n) is 4.30. The van der Waals surface area contributed by atoms with Gasteiger partial charge in [-0.05, 0) is 37.0 Å². The maximum absolute atomic E-state index is 12.7. The number of carbonyl (C=O) groups is 3. The average Bonchev–Trinajstić information content (AvgIpc) is 3.18. The lowest BCUT2D eigenvalue weighted by Crippen LogP contribution is -2.39. The molecule has 2 heterocycles. The molecule has 0 radical (unpaired) electrons. The number of rotatable bonds is 5. The molecule has 0 unspecified atom stereocenters. The van der Waals surface area contributed by atoms with Crippen LogP contribution >= 0.6 is 0 Å². The fourth-order valence-corrected chi connectivity index (χ4v) is 4.30. The van der Waals surface area contributed by atoms with Gasteiger partial charge in [0.15, 0.2) is 6.61 Å². The van der Waals surface area contributed by atoms with E-state index in [1.807, 2.05) is 61.5 Å². The van der Waals surface area contributed by atoms with Crippen LogP contribution in [0.2, 0.25) is 0 Å². The predicted molar refractivity (Wildman–Crippen MR) is 113 cm³/mol. The van der Waals surface area contributed by atoms with Crippen molar-refractivity contribution in [3.05, 3.63) is 65.7 Å². The molecular formula is C24H26N2O4. The molecule has 0 N–H and O–H groups in total. The highest BCUT2D eigenvalue weighted by Gasteiger charge is 2.38. The minimum absolute atomic E-state index is 0.0652. The standard InChI is InChI=1S/C24H26N2O4/c1-17(18-8-3-2-4-9-18)26-15-20(14-22(26)27)24(29)30-16-23(28)25-13-7-11-19-10-5-6-12-21(19)25/h2-6,8-10,12,17,20H,7,11,13-16H2,1H3/t17-,20+/m1/s1. The van der Waals surface area contributed by atoms with Gasteiger partial charge in [-0.3, -0.25) is 14.4 Å². The topological polar surface area (TPSA) is 66.9 Å². The van der Waals surface area contributed by atoms with Crippen LogP contribution in [-0.4, -0.2) is 42.4 Å². The number of anilines is 1. The Hall–Kier alpha value is -3.15. The first kappa shape index (κ1) is 20.1. The Bertz CT molecular complexity index is 943. The monoisotopic (exact) mass is 406 g/mol. The third-order valence-corrected chi connectivity index (χ3v) is 5.99. The number of esters is 1. The van der Waals surface area contributed by atoms with Crippen LogP contribution < -0.4 is 4.90 Å². The zero-order chi connectivity index (χ0) is 21.1. The number of fused-ring (bicyclic) bond motifs is 1. The van der Waals surface area contributed by atoms with Crippen molar-refractivity contribution in [1.82, 2.24) is 4.90 Å². The van der Waals surface area contributed by atoms with Crippen molar-refractivity contribution in [3.8, 4) is 0 Å². The van der Waals surface area contributed by atoms with Gasteiger partial charge in [0, 0.05) is 25.2 Å². The van der Waals surface area contributed by atoms with Crippen LogP contribution in [0.15, 0.2) is 54.6 Å². The lowest BCUT2D eigenvalue weighted by molar-refractivity contribution is -0.151. The average molecular weight is 406 g/mol. The minimum atomic E-state index is -0.537. The van der Waals surface area contributed by atoms with Gasteiger partial charge in [0.25, 0.3) is 5.91 Å². The molecule has 6 heteroatoms. The Balaban J connectivity index is 1.34. The molecule has 0 aromatic heterocycles. The molecule has 0 saturated carbocycles. The number of para-hydroxylation sites is 1. The van der Waals surface area contributed by atoms with Crippen LogP contribution in [0, 0.1) is 5.92 Å². The summed E-state index contributed by atoms with van der Waals surface area (Å²) in [6, 6.07) is 17.4. The normalized spacial score (nSPS) is 19.4. The number of benzene rings is 2. The summed E-state index contributed by atoms with van der Waals surface area (Å²) in [6.45, 7) is 2.59. The summed E-state index contributed by atoms with van der Waals surface area (Å²) < 4.78 is 5.33. The van der Waals surface area contributed by atoms with Crippen LogP contribution in [0.3, 0.4) is 0 Å². The summed E-state index contributed by atoms with van der Waals surface area (Å²) in [4.78, 5) is 41.1. The van der Waals surface area contributed by atoms with Crippen LogP contribution in [-0.2, 0) is 25.5 Å². The third-order valence-electron chi connectivity index (χ3n) is 5.99. The van der Waals surface area contributed by atoms with E-state index in [4.69, 9.17) is 4.74 Å². The molecule has 2 aromatic rings. The van der Waals surface area contributed by atoms with Gasteiger partial charge in [-0.15, -0.1) is 0 Å². The number of amides is 2. The molecule has 0 spiro atoms. The van der Waals surface area contributed by atoms with Gasteiger partial charge in [0.1, 0.15) is 0 Å². The van der Waals surface area contributed by atoms with Crippen molar-refractivity contribution in [2.24, 2.45) is 5.92 Å². The molecule has 2 aromatic carbocycles. The molecular weight excluding hydrogens is 380 g/mol. The summed E-state index contributed by atoms with van der Waals surface area (Å²) in [5.41, 5.74) is 3.05. The summed E-state index contributed by atoms with van der Waals surface area (Å²) in [5, 5.41) is 0. The maximum atomic E-state index is 12.7. The van der Waals surface area contributed by atoms with E-state index in [-0.39, 0.29) is 30.9 Å². The number of nitrogens with zero attached hydrogens (tertiary/aromatic N) is 2. The van der Waals surface area contributed by atoms with Gasteiger partial charge < -0.3 is 14.5 Å². The molecule has 1 saturated heterocycles. The van der Waals surface area contributed by atoms with E-state index in [1.165, 1.54) is 0 Å². The minimum Gasteiger partial charge on any atom is -0.455 e. The van der Waals surface area contributed by atoms with Gasteiger partial charge >= 0.3 is 5.97 Å². The van der Waals surface area contributed by atoms with Crippen molar-refractivity contribution in [3.63, 3.8) is 0 Å². The van der Waals surface area contributed by atoms with Crippen molar-refractivity contribution in [2.45, 2.75) is 32.2 Å². The van der Waals surface area contributed by atoms with Crippen molar-refractivity contribution in [2.75, 3.05) is 24.6 Å². The second-order valence-corrected chi connectivity index (χ2v) is 7.92. The lowest BCUT2D eigenvalue weighted by atomic mass is 10.0. The molecule has 1 fully saturated rings. The largest absolute Gasteiger partial charge is 0.455 e. The van der Waals surface area contributed by atoms with Crippen molar-refractivity contribution in [1.29, 1.82) is 0 Å². The first-order valence-electron chi connectivity index (χ1n) is 10.4. The number of aryl methyl sites for hydroxylation is 1. The van der Waals surface area contributed by atoms with E-state index < -0.39 is 11.9 Å². The molecule has 2 amide bonds. The van der Waals surface area contributed by atoms with Crippen molar-refractivity contribution < 1.29 is 19.1 Å². The number of likely N-dealkylation sites (tertiary alicyclic amines) is 1. The molecule has 0 aliphatic carbocycles. The van der Waals surface area contributed by atoms with Crippen molar-refractivity contribution >= 4 is 23.5 Å². The maximum Gasteiger partial charge on any atom is 0.311 e. The molecule has 4 rings (SSSR count). The number of ether oxygens (including phenoxy) is 1. The number of carbonyl (C=O) groups excluding carboxylic acids is 3. The molecule has 156 valence electrons. The molecule has 6 nitrogen and oxygen atoms in total. The quantitative estimate of drug-likeness (QED) is 0.716. The Morgan fingerprint density at radius 2 is 1.83 bits per heavy atom. The first-order valence-corrected chi connectivity index (χ1v) is 10.4. The van der Waals surface area contributed by atoms with Crippen LogP contribution in [0.4, 0.5) is 5.69 Å². The zero-order valence-corrected chi connectivity index (χ0v) is 17.1. The van der Waals surface area contributed by atoms with E-state index in [2.05, 4.69) is 0 Å². The Kier molecular flexibility index (Phi) is 5.84. The van der Waals surface area contributed by atoms with Crippen LogP contribution in [0.25, 0.3) is 0 Å². The predicted octanol–water partition coefficient (Wildman–Crippen LogP) is 3.12. The second kappa shape index (κ2) is 8.69. The van der Waals surface area contributed by atoms with E-state index in [0.29, 0.717) is 13.1 Å². The summed E-state index contributed by atoms with van der Waals surface area (Å²) in [7, 11) is 0. The van der Waals surface area contributed by atoms with E-state index in [9.17, 15) is 14.4 Å². The van der Waals surface area contributed by atoms with E-state index in [1.54, 1.807) is 9.80 Å². The zero-order valence-electron chi connectivity index (χ0n) is 17.1. The molecule has 2 aliphatic rings. The first-order chi connectivity index (χ1) is 14.5. The van der Waals surface area contributed by atoms with Crippen LogP contribution in [0.1, 0.15) is 36.9 Å². The van der Waals surface area contributed by atoms with E-state index >= 15 is 0 Å². The molecule has 2 aliphatic heterocycles. The summed E-state index contributed by atoms with van der Waals surface area (Å²) >= 11 is 0. The highest BCUT2D eigenvalue weighted by Crippen LogP contribution is 2.29. The Labute approximate surface area is 176 Å². The highest BCUT2D eigenvalue weighted by molar-refractivity contribution is 5.96. The number of hydrogen-bond donors (Lipinski definition) is 0.